The molecular weight excluding hydrogens is 366 g/mol. The van der Waals surface area contributed by atoms with Crippen LogP contribution in [0.15, 0.2) is 54.7 Å². The molecule has 1 saturated heterocycles. The minimum Gasteiger partial charge on any atom is -0.394 e. The lowest BCUT2D eigenvalue weighted by molar-refractivity contribution is -0.148. The van der Waals surface area contributed by atoms with Crippen molar-refractivity contribution in [2.24, 2.45) is 0 Å². The van der Waals surface area contributed by atoms with Crippen LogP contribution in [0.1, 0.15) is 41.4 Å². The fraction of sp³-hybridized carbons (Fsp3) is 0.348. The summed E-state index contributed by atoms with van der Waals surface area (Å²) in [6.07, 6.45) is 5.59. The zero-order valence-electron chi connectivity index (χ0n) is 17.0. The Labute approximate surface area is 171 Å². The highest BCUT2D eigenvalue weighted by Crippen LogP contribution is 2.41. The third-order valence-corrected chi connectivity index (χ3v) is 5.47. The Morgan fingerprint density at radius 3 is 2.45 bits per heavy atom. The van der Waals surface area contributed by atoms with Crippen molar-refractivity contribution in [1.29, 1.82) is 0 Å². The van der Waals surface area contributed by atoms with E-state index in [0.717, 1.165) is 11.1 Å². The first-order chi connectivity index (χ1) is 14.0. The number of aromatic nitrogens is 1. The van der Waals surface area contributed by atoms with E-state index in [-0.39, 0.29) is 36.4 Å². The van der Waals surface area contributed by atoms with Crippen molar-refractivity contribution in [3.05, 3.63) is 71.6 Å². The fourth-order valence-corrected chi connectivity index (χ4v) is 4.13. The molecule has 0 radical (unpaired) electrons. The van der Waals surface area contributed by atoms with E-state index in [1.807, 2.05) is 43.3 Å². The van der Waals surface area contributed by atoms with Gasteiger partial charge in [0, 0.05) is 32.6 Å². The van der Waals surface area contributed by atoms with E-state index in [0.29, 0.717) is 12.2 Å². The minimum atomic E-state index is -0.289. The van der Waals surface area contributed by atoms with E-state index in [1.54, 1.807) is 41.2 Å². The van der Waals surface area contributed by atoms with Crippen molar-refractivity contribution in [1.82, 2.24) is 14.8 Å². The lowest BCUT2D eigenvalue weighted by atomic mass is 9.74. The summed E-state index contributed by atoms with van der Waals surface area (Å²) in [5.41, 5.74) is 2.52. The van der Waals surface area contributed by atoms with E-state index >= 15 is 0 Å². The molecule has 0 unspecified atom stereocenters. The van der Waals surface area contributed by atoms with Gasteiger partial charge in [-0.15, -0.1) is 0 Å². The second-order valence-electron chi connectivity index (χ2n) is 7.34. The lowest BCUT2D eigenvalue weighted by Gasteiger charge is -2.55. The van der Waals surface area contributed by atoms with Crippen LogP contribution >= 0.6 is 0 Å². The number of rotatable bonds is 6. The lowest BCUT2D eigenvalue weighted by Crippen LogP contribution is -2.68. The molecule has 3 rings (SSSR count). The van der Waals surface area contributed by atoms with Gasteiger partial charge in [-0.1, -0.05) is 42.5 Å². The average molecular weight is 393 g/mol. The molecule has 0 bridgehead atoms. The molecule has 1 fully saturated rings. The van der Waals surface area contributed by atoms with Crippen LogP contribution in [0, 0.1) is 0 Å². The van der Waals surface area contributed by atoms with Gasteiger partial charge in [0.05, 0.1) is 18.7 Å². The number of hydrogen-bond acceptors (Lipinski definition) is 4. The second kappa shape index (κ2) is 9.01. The molecule has 152 valence electrons. The van der Waals surface area contributed by atoms with Gasteiger partial charge in [0.1, 0.15) is 5.69 Å². The largest absolute Gasteiger partial charge is 0.394 e. The molecule has 0 spiro atoms. The number of carbonyl (C=O) groups excluding carboxylic acids is 2. The molecule has 1 aliphatic rings. The number of pyridine rings is 1. The van der Waals surface area contributed by atoms with Gasteiger partial charge in [0.2, 0.25) is 5.91 Å². The topological polar surface area (TPSA) is 73.7 Å². The van der Waals surface area contributed by atoms with Crippen LogP contribution in [0.25, 0.3) is 6.08 Å². The Bertz CT molecular complexity index is 880. The Morgan fingerprint density at radius 1 is 1.17 bits per heavy atom. The standard InChI is InChI=1S/C23H27N3O3/c1-4-7-17-9-11-18(12-10-17)22-20(26(16(2)28)21(22)15-27)14-25(3)23(29)19-8-5-6-13-24-19/h4-13,20-22,27H,14-15H2,1-3H3/b7-4+/t20-,21+,22+/m0/s1. The predicted octanol–water partition coefficient (Wildman–Crippen LogP) is 2.56. The van der Waals surface area contributed by atoms with Crippen molar-refractivity contribution in [3.63, 3.8) is 0 Å². The van der Waals surface area contributed by atoms with Crippen molar-refractivity contribution in [2.75, 3.05) is 20.2 Å². The molecule has 1 aromatic heterocycles. The smallest absolute Gasteiger partial charge is 0.272 e. The minimum absolute atomic E-state index is 0.0393. The highest BCUT2D eigenvalue weighted by molar-refractivity contribution is 5.92. The van der Waals surface area contributed by atoms with E-state index < -0.39 is 0 Å². The zero-order chi connectivity index (χ0) is 21.0. The summed E-state index contributed by atoms with van der Waals surface area (Å²) in [7, 11) is 1.72. The van der Waals surface area contributed by atoms with Gasteiger partial charge in [-0.05, 0) is 30.2 Å². The normalized spacial score (nSPS) is 21.1. The van der Waals surface area contributed by atoms with Crippen LogP contribution in [0.4, 0.5) is 0 Å². The maximum absolute atomic E-state index is 12.7. The first-order valence-corrected chi connectivity index (χ1v) is 9.76. The second-order valence-corrected chi connectivity index (χ2v) is 7.34. The van der Waals surface area contributed by atoms with Crippen molar-refractivity contribution < 1.29 is 14.7 Å². The molecular formula is C23H27N3O3. The van der Waals surface area contributed by atoms with Crippen LogP contribution in [-0.4, -0.2) is 64.0 Å². The summed E-state index contributed by atoms with van der Waals surface area (Å²) in [6, 6.07) is 12.9. The van der Waals surface area contributed by atoms with Gasteiger partial charge >= 0.3 is 0 Å². The van der Waals surface area contributed by atoms with Gasteiger partial charge in [-0.25, -0.2) is 0 Å². The zero-order valence-corrected chi connectivity index (χ0v) is 17.0. The van der Waals surface area contributed by atoms with Crippen LogP contribution in [0.3, 0.4) is 0 Å². The number of amides is 2. The molecule has 0 aliphatic carbocycles. The molecule has 6 nitrogen and oxygen atoms in total. The monoisotopic (exact) mass is 393 g/mol. The molecule has 1 aliphatic heterocycles. The summed E-state index contributed by atoms with van der Waals surface area (Å²) in [5.74, 6) is -0.333. The highest BCUT2D eigenvalue weighted by atomic mass is 16.3. The Kier molecular flexibility index (Phi) is 6.44. The molecule has 2 aromatic rings. The molecule has 1 aromatic carbocycles. The van der Waals surface area contributed by atoms with Crippen molar-refractivity contribution in [3.8, 4) is 0 Å². The number of likely N-dealkylation sites (tertiary alicyclic amines) is 1. The van der Waals surface area contributed by atoms with Crippen molar-refractivity contribution in [2.45, 2.75) is 31.8 Å². The summed E-state index contributed by atoms with van der Waals surface area (Å²) in [4.78, 5) is 32.3. The maximum Gasteiger partial charge on any atom is 0.272 e. The SMILES string of the molecule is C/C=C/c1ccc([C@H]2[C@@H](CO)N(C(C)=O)[C@H]2CN(C)C(=O)c2ccccn2)cc1. The highest BCUT2D eigenvalue weighted by Gasteiger charge is 2.50. The third kappa shape index (κ3) is 4.22. The summed E-state index contributed by atoms with van der Waals surface area (Å²) >= 11 is 0. The van der Waals surface area contributed by atoms with E-state index in [4.69, 9.17) is 0 Å². The van der Waals surface area contributed by atoms with Gasteiger partial charge in [0.15, 0.2) is 0 Å². The Morgan fingerprint density at radius 2 is 1.90 bits per heavy atom. The number of aliphatic hydroxyl groups is 1. The molecule has 29 heavy (non-hydrogen) atoms. The number of aliphatic hydroxyl groups excluding tert-OH is 1. The first-order valence-electron chi connectivity index (χ1n) is 9.76. The number of benzene rings is 1. The molecule has 2 heterocycles. The Hall–Kier alpha value is -2.99. The molecule has 6 heteroatoms. The predicted molar refractivity (Wildman–Crippen MR) is 112 cm³/mol. The van der Waals surface area contributed by atoms with Gasteiger partial charge in [-0.2, -0.15) is 0 Å². The molecule has 3 atom stereocenters. The summed E-state index contributed by atoms with van der Waals surface area (Å²) in [5, 5.41) is 9.92. The average Bonchev–Trinajstić information content (AvgIpc) is 2.72. The fourth-order valence-electron chi connectivity index (χ4n) is 4.13. The van der Waals surface area contributed by atoms with Gasteiger partial charge < -0.3 is 14.9 Å². The number of hydrogen-bond donors (Lipinski definition) is 1. The molecule has 1 N–H and O–H groups in total. The Balaban J connectivity index is 1.84. The summed E-state index contributed by atoms with van der Waals surface area (Å²) in [6.45, 7) is 3.72. The van der Waals surface area contributed by atoms with Crippen molar-refractivity contribution >= 4 is 17.9 Å². The number of likely N-dealkylation sites (N-methyl/N-ethyl adjacent to an activating group) is 1. The van der Waals surface area contributed by atoms with E-state index in [1.165, 1.54) is 6.92 Å². The van der Waals surface area contributed by atoms with E-state index in [2.05, 4.69) is 4.98 Å². The number of carbonyl (C=O) groups is 2. The third-order valence-electron chi connectivity index (χ3n) is 5.47. The number of allylic oxidation sites excluding steroid dienone is 1. The maximum atomic E-state index is 12.7. The summed E-state index contributed by atoms with van der Waals surface area (Å²) < 4.78 is 0. The first kappa shape index (κ1) is 20.7. The van der Waals surface area contributed by atoms with Gasteiger partial charge in [-0.3, -0.25) is 14.6 Å². The van der Waals surface area contributed by atoms with Crippen LogP contribution in [0.5, 0.6) is 0 Å². The van der Waals surface area contributed by atoms with E-state index in [9.17, 15) is 14.7 Å². The quantitative estimate of drug-likeness (QED) is 0.819. The van der Waals surface area contributed by atoms with Crippen LogP contribution < -0.4 is 0 Å². The van der Waals surface area contributed by atoms with Crippen LogP contribution in [0.2, 0.25) is 0 Å². The number of nitrogens with zero attached hydrogens (tertiary/aromatic N) is 3. The van der Waals surface area contributed by atoms with Crippen LogP contribution in [-0.2, 0) is 4.79 Å². The molecule has 2 amide bonds. The molecule has 0 saturated carbocycles. The van der Waals surface area contributed by atoms with Gasteiger partial charge in [0.25, 0.3) is 5.91 Å².